The number of ether oxygens (including phenoxy) is 1. The Labute approximate surface area is 163 Å². The van der Waals surface area contributed by atoms with E-state index >= 15 is 0 Å². The highest BCUT2D eigenvalue weighted by Crippen LogP contribution is 2.22. The average molecular weight is 386 g/mol. The smallest absolute Gasteiger partial charge is 0.244 e. The Morgan fingerprint density at radius 2 is 2.11 bits per heavy atom. The predicted octanol–water partition coefficient (Wildman–Crippen LogP) is 4.08. The zero-order chi connectivity index (χ0) is 20.1. The number of nitrogens with zero attached hydrogens (tertiary/aromatic N) is 1. The van der Waals surface area contributed by atoms with E-state index in [4.69, 9.17) is 4.74 Å². The van der Waals surface area contributed by atoms with Gasteiger partial charge in [-0.15, -0.1) is 0 Å². The van der Waals surface area contributed by atoms with Crippen LogP contribution in [0.3, 0.4) is 0 Å². The summed E-state index contributed by atoms with van der Waals surface area (Å²) in [6.45, 7) is 6.31. The van der Waals surface area contributed by atoms with Crippen molar-refractivity contribution < 1.29 is 18.3 Å². The van der Waals surface area contributed by atoms with Gasteiger partial charge >= 0.3 is 0 Å². The van der Waals surface area contributed by atoms with Crippen LogP contribution in [0.5, 0.6) is 0 Å². The predicted molar refractivity (Wildman–Crippen MR) is 106 cm³/mol. The van der Waals surface area contributed by atoms with E-state index in [9.17, 15) is 13.6 Å². The van der Waals surface area contributed by atoms with Gasteiger partial charge in [-0.3, -0.25) is 4.79 Å². The maximum Gasteiger partial charge on any atom is 0.244 e. The monoisotopic (exact) mass is 386 g/mol. The van der Waals surface area contributed by atoms with E-state index in [0.29, 0.717) is 6.61 Å². The molecule has 2 aromatic rings. The van der Waals surface area contributed by atoms with Gasteiger partial charge in [0.15, 0.2) is 0 Å². The Hall–Kier alpha value is -2.73. The van der Waals surface area contributed by atoms with Crippen LogP contribution in [-0.4, -0.2) is 31.7 Å². The van der Waals surface area contributed by atoms with E-state index in [1.165, 1.54) is 18.2 Å². The van der Waals surface area contributed by atoms with Crippen molar-refractivity contribution in [1.82, 2.24) is 5.32 Å². The number of anilines is 1. The molecule has 0 aromatic heterocycles. The normalized spacial score (nSPS) is 18.3. The summed E-state index contributed by atoms with van der Waals surface area (Å²) in [4.78, 5) is 14.5. The lowest BCUT2D eigenvalue weighted by molar-refractivity contribution is -0.117. The molecule has 0 aliphatic carbocycles. The summed E-state index contributed by atoms with van der Waals surface area (Å²) in [6, 6.07) is 11.1. The summed E-state index contributed by atoms with van der Waals surface area (Å²) in [5, 5.41) is 2.87. The molecule has 1 amide bonds. The first-order chi connectivity index (χ1) is 13.4. The second kappa shape index (κ2) is 8.97. The number of carbonyl (C=O) groups excluding carboxylic acids is 1. The van der Waals surface area contributed by atoms with Gasteiger partial charge in [0.2, 0.25) is 5.91 Å². The molecular formula is C22H24F2N2O2. The molecule has 1 heterocycles. The van der Waals surface area contributed by atoms with Gasteiger partial charge < -0.3 is 15.0 Å². The number of rotatable bonds is 5. The van der Waals surface area contributed by atoms with Crippen molar-refractivity contribution in [1.29, 1.82) is 0 Å². The van der Waals surface area contributed by atoms with E-state index in [1.807, 2.05) is 25.1 Å². The van der Waals surface area contributed by atoms with Crippen LogP contribution in [0.15, 0.2) is 48.5 Å². The molecule has 28 heavy (non-hydrogen) atoms. The molecule has 4 nitrogen and oxygen atoms in total. The first-order valence-corrected chi connectivity index (χ1v) is 9.32. The lowest BCUT2D eigenvalue weighted by Gasteiger charge is -2.33. The van der Waals surface area contributed by atoms with Gasteiger partial charge in [-0.05, 0) is 49.8 Å². The summed E-state index contributed by atoms with van der Waals surface area (Å²) >= 11 is 0. The molecule has 0 spiro atoms. The number of halogens is 2. The highest BCUT2D eigenvalue weighted by atomic mass is 19.1. The first kappa shape index (κ1) is 20.0. The van der Waals surface area contributed by atoms with Gasteiger partial charge in [0, 0.05) is 36.5 Å². The van der Waals surface area contributed by atoms with Gasteiger partial charge in [-0.25, -0.2) is 8.78 Å². The SMILES string of the molecule is CC1CN(c2cccc(C(C)NC(=O)C=Cc3ccc(F)cc3F)c2)CCO1. The Balaban J connectivity index is 1.64. The number of amides is 1. The van der Waals surface area contributed by atoms with Crippen molar-refractivity contribution in [3.05, 3.63) is 71.3 Å². The average Bonchev–Trinajstić information content (AvgIpc) is 2.67. The van der Waals surface area contributed by atoms with E-state index in [2.05, 4.69) is 23.2 Å². The molecule has 1 N–H and O–H groups in total. The van der Waals surface area contributed by atoms with Gasteiger partial charge in [-0.2, -0.15) is 0 Å². The summed E-state index contributed by atoms with van der Waals surface area (Å²) in [6.07, 6.45) is 2.77. The van der Waals surface area contributed by atoms with Gasteiger partial charge in [0.05, 0.1) is 18.8 Å². The quantitative estimate of drug-likeness (QED) is 0.788. The van der Waals surface area contributed by atoms with E-state index in [0.717, 1.165) is 36.5 Å². The van der Waals surface area contributed by atoms with Crippen molar-refractivity contribution in [3.8, 4) is 0 Å². The zero-order valence-electron chi connectivity index (χ0n) is 16.0. The Kier molecular flexibility index (Phi) is 6.41. The lowest BCUT2D eigenvalue weighted by atomic mass is 10.1. The lowest BCUT2D eigenvalue weighted by Crippen LogP contribution is -2.41. The number of hydrogen-bond donors (Lipinski definition) is 1. The van der Waals surface area contributed by atoms with Crippen molar-refractivity contribution in [2.45, 2.75) is 26.0 Å². The third kappa shape index (κ3) is 5.16. The van der Waals surface area contributed by atoms with Crippen molar-refractivity contribution in [2.24, 2.45) is 0 Å². The topological polar surface area (TPSA) is 41.6 Å². The van der Waals surface area contributed by atoms with Crippen LogP contribution in [0.25, 0.3) is 6.08 Å². The first-order valence-electron chi connectivity index (χ1n) is 9.32. The largest absolute Gasteiger partial charge is 0.375 e. The van der Waals surface area contributed by atoms with Gasteiger partial charge in [0.1, 0.15) is 11.6 Å². The summed E-state index contributed by atoms with van der Waals surface area (Å²) < 4.78 is 32.2. The fourth-order valence-electron chi connectivity index (χ4n) is 3.19. The molecule has 1 aliphatic heterocycles. The maximum absolute atomic E-state index is 13.6. The van der Waals surface area contributed by atoms with Crippen molar-refractivity contribution in [2.75, 3.05) is 24.6 Å². The molecule has 1 saturated heterocycles. The van der Waals surface area contributed by atoms with Crippen molar-refractivity contribution in [3.63, 3.8) is 0 Å². The molecular weight excluding hydrogens is 362 g/mol. The molecule has 0 radical (unpaired) electrons. The summed E-state index contributed by atoms with van der Waals surface area (Å²) in [5.41, 5.74) is 2.23. The van der Waals surface area contributed by atoms with Gasteiger partial charge in [0.25, 0.3) is 0 Å². The third-order valence-corrected chi connectivity index (χ3v) is 4.71. The number of carbonyl (C=O) groups is 1. The molecule has 2 atom stereocenters. The fraction of sp³-hybridized carbons (Fsp3) is 0.318. The molecule has 1 fully saturated rings. The minimum Gasteiger partial charge on any atom is -0.375 e. The summed E-state index contributed by atoms with van der Waals surface area (Å²) in [7, 11) is 0. The minimum absolute atomic E-state index is 0.160. The third-order valence-electron chi connectivity index (χ3n) is 4.71. The van der Waals surface area contributed by atoms with Gasteiger partial charge in [-0.1, -0.05) is 12.1 Å². The van der Waals surface area contributed by atoms with Crippen LogP contribution < -0.4 is 10.2 Å². The van der Waals surface area contributed by atoms with Crippen molar-refractivity contribution >= 4 is 17.7 Å². The molecule has 1 aliphatic rings. The molecule has 2 aromatic carbocycles. The molecule has 2 unspecified atom stereocenters. The van der Waals surface area contributed by atoms with Crippen LogP contribution in [0.1, 0.15) is 31.0 Å². The number of morpholine rings is 1. The highest BCUT2D eigenvalue weighted by Gasteiger charge is 2.18. The van der Waals surface area contributed by atoms with E-state index < -0.39 is 11.6 Å². The Morgan fingerprint density at radius 3 is 2.86 bits per heavy atom. The summed E-state index contributed by atoms with van der Waals surface area (Å²) in [5.74, 6) is -1.70. The number of hydrogen-bond acceptors (Lipinski definition) is 3. The van der Waals surface area contributed by atoms with Crippen LogP contribution in [0.2, 0.25) is 0 Å². The van der Waals surface area contributed by atoms with Crippen LogP contribution in [0.4, 0.5) is 14.5 Å². The Morgan fingerprint density at radius 1 is 1.29 bits per heavy atom. The molecule has 0 bridgehead atoms. The standard InChI is InChI=1S/C22H24F2N2O2/c1-15-14-26(10-11-28-15)20-5-3-4-18(12-20)16(2)25-22(27)9-7-17-6-8-19(23)13-21(17)24/h3-9,12-13,15-16H,10-11,14H2,1-2H3,(H,25,27). The van der Waals surface area contributed by atoms with E-state index in [1.54, 1.807) is 0 Å². The molecule has 148 valence electrons. The second-order valence-corrected chi connectivity index (χ2v) is 6.95. The molecule has 0 saturated carbocycles. The highest BCUT2D eigenvalue weighted by molar-refractivity contribution is 5.92. The van der Waals surface area contributed by atoms with E-state index in [-0.39, 0.29) is 23.6 Å². The van der Waals surface area contributed by atoms with Crippen LogP contribution in [-0.2, 0) is 9.53 Å². The number of nitrogens with one attached hydrogen (secondary N) is 1. The van der Waals surface area contributed by atoms with Crippen LogP contribution in [0, 0.1) is 11.6 Å². The second-order valence-electron chi connectivity index (χ2n) is 6.95. The minimum atomic E-state index is -0.704. The zero-order valence-corrected chi connectivity index (χ0v) is 16.0. The maximum atomic E-state index is 13.6. The number of benzene rings is 2. The van der Waals surface area contributed by atoms with Crippen LogP contribution >= 0.6 is 0 Å². The molecule has 6 heteroatoms. The Bertz CT molecular complexity index is 869. The molecule has 3 rings (SSSR count). The fourth-order valence-corrected chi connectivity index (χ4v) is 3.19.